The van der Waals surface area contributed by atoms with Gasteiger partial charge in [0.2, 0.25) is 5.76 Å². The highest BCUT2D eigenvalue weighted by Crippen LogP contribution is 2.30. The Kier molecular flexibility index (Phi) is 3.94. The van der Waals surface area contributed by atoms with Crippen LogP contribution in [0.3, 0.4) is 0 Å². The average Bonchev–Trinajstić information content (AvgIpc) is 2.66. The first kappa shape index (κ1) is 12.6. The van der Waals surface area contributed by atoms with Gasteiger partial charge in [0.25, 0.3) is 5.91 Å². The van der Waals surface area contributed by atoms with Crippen LogP contribution >= 0.6 is 0 Å². The van der Waals surface area contributed by atoms with Crippen LogP contribution in [0.5, 0.6) is 0 Å². The third kappa shape index (κ3) is 3.27. The summed E-state index contributed by atoms with van der Waals surface area (Å²) in [5.41, 5.74) is 5.05. The molecule has 90 valence electrons. The minimum atomic E-state index is -4.57. The van der Waals surface area contributed by atoms with Crippen molar-refractivity contribution < 1.29 is 22.4 Å². The molecule has 4 nitrogen and oxygen atoms in total. The maximum atomic E-state index is 12.1. The number of halogens is 3. The number of carbonyl (C=O) groups is 1. The molecule has 0 fully saturated rings. The molecule has 0 aliphatic rings. The van der Waals surface area contributed by atoms with Gasteiger partial charge < -0.3 is 15.5 Å². The average molecular weight is 236 g/mol. The number of hydrogen-bond donors (Lipinski definition) is 2. The van der Waals surface area contributed by atoms with Gasteiger partial charge in [-0.2, -0.15) is 13.2 Å². The predicted octanol–water partition coefficient (Wildman–Crippen LogP) is 1.38. The van der Waals surface area contributed by atoms with E-state index in [0.29, 0.717) is 25.6 Å². The summed E-state index contributed by atoms with van der Waals surface area (Å²) in [6.45, 7) is 0.724. The molecule has 7 heteroatoms. The SMILES string of the molecule is NCCCNC(=O)c1coc(C(F)(F)F)c1. The Bertz CT molecular complexity index is 360. The van der Waals surface area contributed by atoms with Crippen LogP contribution in [0.4, 0.5) is 13.2 Å². The number of nitrogens with two attached hydrogens (primary N) is 1. The molecule has 0 saturated heterocycles. The number of carbonyl (C=O) groups excluding carboxylic acids is 1. The fourth-order valence-electron chi connectivity index (χ4n) is 1.01. The fraction of sp³-hybridized carbons (Fsp3) is 0.444. The van der Waals surface area contributed by atoms with Crippen LogP contribution in [0.15, 0.2) is 16.7 Å². The lowest BCUT2D eigenvalue weighted by Crippen LogP contribution is -2.25. The van der Waals surface area contributed by atoms with E-state index in [0.717, 1.165) is 6.26 Å². The third-order valence-electron chi connectivity index (χ3n) is 1.81. The summed E-state index contributed by atoms with van der Waals surface area (Å²) < 4.78 is 40.6. The molecule has 3 N–H and O–H groups in total. The number of nitrogens with one attached hydrogen (secondary N) is 1. The van der Waals surface area contributed by atoms with E-state index in [-0.39, 0.29) is 5.56 Å². The minimum absolute atomic E-state index is 0.149. The van der Waals surface area contributed by atoms with Crippen LogP contribution in [0.25, 0.3) is 0 Å². The van der Waals surface area contributed by atoms with Crippen molar-refractivity contribution in [2.24, 2.45) is 5.73 Å². The number of rotatable bonds is 4. The lowest BCUT2D eigenvalue weighted by molar-refractivity contribution is -0.153. The highest BCUT2D eigenvalue weighted by molar-refractivity contribution is 5.93. The molecule has 0 aliphatic heterocycles. The number of alkyl halides is 3. The van der Waals surface area contributed by atoms with E-state index in [1.165, 1.54) is 0 Å². The second-order valence-corrected chi connectivity index (χ2v) is 3.10. The molecular weight excluding hydrogens is 225 g/mol. The van der Waals surface area contributed by atoms with Crippen molar-refractivity contribution in [3.8, 4) is 0 Å². The van der Waals surface area contributed by atoms with Gasteiger partial charge in [-0.15, -0.1) is 0 Å². The zero-order valence-electron chi connectivity index (χ0n) is 8.30. The minimum Gasteiger partial charge on any atom is -0.459 e. The molecule has 0 radical (unpaired) electrons. The Balaban J connectivity index is 2.60. The number of hydrogen-bond acceptors (Lipinski definition) is 3. The lowest BCUT2D eigenvalue weighted by atomic mass is 10.3. The van der Waals surface area contributed by atoms with E-state index < -0.39 is 17.8 Å². The smallest absolute Gasteiger partial charge is 0.449 e. The summed E-state index contributed by atoms with van der Waals surface area (Å²) in [6.07, 6.45) is -3.23. The van der Waals surface area contributed by atoms with Crippen LogP contribution in [0.1, 0.15) is 22.5 Å². The first-order chi connectivity index (χ1) is 7.45. The van der Waals surface area contributed by atoms with Gasteiger partial charge in [-0.25, -0.2) is 0 Å². The van der Waals surface area contributed by atoms with Gasteiger partial charge in [0.05, 0.1) is 5.56 Å². The topological polar surface area (TPSA) is 68.3 Å². The van der Waals surface area contributed by atoms with Gasteiger partial charge in [-0.05, 0) is 13.0 Å². The van der Waals surface area contributed by atoms with Gasteiger partial charge >= 0.3 is 6.18 Å². The van der Waals surface area contributed by atoms with E-state index in [2.05, 4.69) is 9.73 Å². The first-order valence-electron chi connectivity index (χ1n) is 4.59. The van der Waals surface area contributed by atoms with Gasteiger partial charge in [-0.3, -0.25) is 4.79 Å². The molecule has 0 atom stereocenters. The molecule has 0 spiro atoms. The molecule has 1 rings (SSSR count). The van der Waals surface area contributed by atoms with E-state index >= 15 is 0 Å². The highest BCUT2D eigenvalue weighted by atomic mass is 19.4. The zero-order chi connectivity index (χ0) is 12.2. The molecule has 0 aliphatic carbocycles. The quantitative estimate of drug-likeness (QED) is 0.776. The van der Waals surface area contributed by atoms with Crippen LogP contribution in [-0.4, -0.2) is 19.0 Å². The Labute approximate surface area is 89.6 Å². The summed E-state index contributed by atoms with van der Waals surface area (Å²) in [4.78, 5) is 11.3. The van der Waals surface area contributed by atoms with E-state index in [1.54, 1.807) is 0 Å². The fourth-order valence-corrected chi connectivity index (χ4v) is 1.01. The molecule has 16 heavy (non-hydrogen) atoms. The standard InChI is InChI=1S/C9H11F3N2O2/c10-9(11,12)7-4-6(5-16-7)8(15)14-3-1-2-13/h4-5H,1-3,13H2,(H,14,15). The lowest BCUT2D eigenvalue weighted by Gasteiger charge is -2.01. The third-order valence-corrected chi connectivity index (χ3v) is 1.81. The normalized spacial score (nSPS) is 11.5. The molecule has 0 unspecified atom stereocenters. The Morgan fingerprint density at radius 3 is 2.69 bits per heavy atom. The molecular formula is C9H11F3N2O2. The van der Waals surface area contributed by atoms with Gasteiger partial charge in [0.15, 0.2) is 0 Å². The first-order valence-corrected chi connectivity index (χ1v) is 4.59. The van der Waals surface area contributed by atoms with Gasteiger partial charge in [0.1, 0.15) is 6.26 Å². The number of amides is 1. The van der Waals surface area contributed by atoms with Crippen LogP contribution in [0.2, 0.25) is 0 Å². The maximum Gasteiger partial charge on any atom is 0.449 e. The van der Waals surface area contributed by atoms with Crippen LogP contribution < -0.4 is 11.1 Å². The summed E-state index contributed by atoms with van der Waals surface area (Å²) in [6, 6.07) is 0.664. The van der Waals surface area contributed by atoms with Crippen molar-refractivity contribution in [2.75, 3.05) is 13.1 Å². The molecule has 1 aromatic heterocycles. The Hall–Kier alpha value is -1.50. The largest absolute Gasteiger partial charge is 0.459 e. The Morgan fingerprint density at radius 2 is 2.19 bits per heavy atom. The second kappa shape index (κ2) is 5.02. The van der Waals surface area contributed by atoms with Crippen molar-refractivity contribution in [1.29, 1.82) is 0 Å². The van der Waals surface area contributed by atoms with Crippen molar-refractivity contribution in [3.63, 3.8) is 0 Å². The van der Waals surface area contributed by atoms with Gasteiger partial charge in [0, 0.05) is 12.6 Å². The maximum absolute atomic E-state index is 12.1. The molecule has 1 aromatic rings. The van der Waals surface area contributed by atoms with Crippen molar-refractivity contribution in [2.45, 2.75) is 12.6 Å². The van der Waals surface area contributed by atoms with E-state index in [1.807, 2.05) is 0 Å². The predicted molar refractivity (Wildman–Crippen MR) is 49.7 cm³/mol. The van der Waals surface area contributed by atoms with Gasteiger partial charge in [-0.1, -0.05) is 0 Å². The van der Waals surface area contributed by atoms with Crippen LogP contribution in [-0.2, 0) is 6.18 Å². The Morgan fingerprint density at radius 1 is 1.50 bits per heavy atom. The number of furan rings is 1. The molecule has 1 amide bonds. The molecule has 0 bridgehead atoms. The molecule has 1 heterocycles. The highest BCUT2D eigenvalue weighted by Gasteiger charge is 2.35. The summed E-state index contributed by atoms with van der Waals surface area (Å²) in [5, 5.41) is 2.42. The summed E-state index contributed by atoms with van der Waals surface area (Å²) in [7, 11) is 0. The summed E-state index contributed by atoms with van der Waals surface area (Å²) >= 11 is 0. The summed E-state index contributed by atoms with van der Waals surface area (Å²) in [5.74, 6) is -1.79. The van der Waals surface area contributed by atoms with Crippen LogP contribution in [0, 0.1) is 0 Å². The van der Waals surface area contributed by atoms with Crippen molar-refractivity contribution in [3.05, 3.63) is 23.7 Å². The van der Waals surface area contributed by atoms with Crippen molar-refractivity contribution in [1.82, 2.24) is 5.32 Å². The van der Waals surface area contributed by atoms with E-state index in [9.17, 15) is 18.0 Å². The molecule has 0 saturated carbocycles. The van der Waals surface area contributed by atoms with Crippen molar-refractivity contribution >= 4 is 5.91 Å². The molecule has 0 aromatic carbocycles. The zero-order valence-corrected chi connectivity index (χ0v) is 8.30. The monoisotopic (exact) mass is 236 g/mol. The van der Waals surface area contributed by atoms with E-state index in [4.69, 9.17) is 5.73 Å². The second-order valence-electron chi connectivity index (χ2n) is 3.10.